The molecule has 2 heteroatoms. The summed E-state index contributed by atoms with van der Waals surface area (Å²) in [5.41, 5.74) is 0. The summed E-state index contributed by atoms with van der Waals surface area (Å²) in [5.74, 6) is 0. The second-order valence-corrected chi connectivity index (χ2v) is 15.7. The number of rotatable bonds is 10. The van der Waals surface area contributed by atoms with Crippen molar-refractivity contribution in [3.05, 3.63) is 0 Å². The Kier molecular flexibility index (Phi) is 10.4. The zero-order valence-electron chi connectivity index (χ0n) is 10.9. The van der Waals surface area contributed by atoms with Crippen LogP contribution >= 0.6 is 0 Å². The molecule has 0 nitrogen and oxygen atoms in total. The minimum atomic E-state index is -3.09. The molecule has 0 radical (unpaired) electrons. The summed E-state index contributed by atoms with van der Waals surface area (Å²) in [6.07, 6.45) is 8.25. The summed E-state index contributed by atoms with van der Waals surface area (Å²) in [5, 5.41) is 0. The molecule has 0 aliphatic rings. The van der Waals surface area contributed by atoms with Gasteiger partial charge in [-0.05, 0) is 0 Å². The molecule has 0 N–H and O–H groups in total. The quantitative estimate of drug-likeness (QED) is 0.358. The van der Waals surface area contributed by atoms with Crippen molar-refractivity contribution in [1.82, 2.24) is 0 Å². The fourth-order valence-corrected chi connectivity index (χ4v) is 12.4. The maximum atomic E-state index is 14.7. The summed E-state index contributed by atoms with van der Waals surface area (Å²) in [4.78, 5) is 0. The Hall–Kier alpha value is 0.729. The first kappa shape index (κ1) is 15.7. The molecule has 0 saturated carbocycles. The van der Waals surface area contributed by atoms with Gasteiger partial charge in [0.15, 0.2) is 0 Å². The van der Waals surface area contributed by atoms with Crippen molar-refractivity contribution in [1.29, 1.82) is 0 Å². The Balaban J connectivity index is 3.89. The van der Waals surface area contributed by atoms with Crippen molar-refractivity contribution < 1.29 is 2.87 Å². The SMILES string of the molecule is CCCC[CH2][Sn]([F])([CH2]CCC)[CH2]CCC. The summed E-state index contributed by atoms with van der Waals surface area (Å²) in [6.45, 7) is 6.56. The van der Waals surface area contributed by atoms with Crippen LogP contribution in [0.3, 0.4) is 0 Å². The average molecular weight is 323 g/mol. The van der Waals surface area contributed by atoms with Crippen molar-refractivity contribution in [3.63, 3.8) is 0 Å². The molecule has 0 fully saturated rings. The zero-order valence-corrected chi connectivity index (χ0v) is 13.8. The Morgan fingerprint density at radius 2 is 1.07 bits per heavy atom. The minimum absolute atomic E-state index is 0.995. The Morgan fingerprint density at radius 3 is 1.47 bits per heavy atom. The van der Waals surface area contributed by atoms with Gasteiger partial charge in [-0.15, -0.1) is 0 Å². The van der Waals surface area contributed by atoms with E-state index in [9.17, 15) is 2.87 Å². The monoisotopic (exact) mass is 324 g/mol. The van der Waals surface area contributed by atoms with Crippen LogP contribution in [0.1, 0.15) is 65.7 Å². The predicted molar refractivity (Wildman–Crippen MR) is 70.6 cm³/mol. The van der Waals surface area contributed by atoms with Crippen LogP contribution in [0.5, 0.6) is 0 Å². The van der Waals surface area contributed by atoms with Gasteiger partial charge in [-0.3, -0.25) is 0 Å². The zero-order chi connectivity index (χ0) is 11.6. The third-order valence-electron chi connectivity index (χ3n) is 3.19. The molecule has 0 saturated heterocycles. The van der Waals surface area contributed by atoms with Gasteiger partial charge in [-0.25, -0.2) is 0 Å². The number of hydrogen-bond acceptors (Lipinski definition) is 0. The summed E-state index contributed by atoms with van der Waals surface area (Å²) >= 11 is -3.09. The van der Waals surface area contributed by atoms with Gasteiger partial charge in [0.25, 0.3) is 0 Å². The van der Waals surface area contributed by atoms with Crippen LogP contribution in [-0.4, -0.2) is 18.9 Å². The van der Waals surface area contributed by atoms with Gasteiger partial charge in [0.2, 0.25) is 0 Å². The second kappa shape index (κ2) is 9.92. The second-order valence-electron chi connectivity index (χ2n) is 4.82. The van der Waals surface area contributed by atoms with E-state index in [1.807, 2.05) is 0 Å². The van der Waals surface area contributed by atoms with Crippen LogP contribution in [0.15, 0.2) is 0 Å². The van der Waals surface area contributed by atoms with Crippen molar-refractivity contribution in [2.45, 2.75) is 79.0 Å². The molecule has 0 spiro atoms. The van der Waals surface area contributed by atoms with E-state index < -0.39 is 18.9 Å². The predicted octanol–water partition coefficient (Wildman–Crippen LogP) is 5.69. The summed E-state index contributed by atoms with van der Waals surface area (Å²) in [6, 6.07) is 0. The van der Waals surface area contributed by atoms with Gasteiger partial charge in [-0.2, -0.15) is 0 Å². The van der Waals surface area contributed by atoms with E-state index in [0.29, 0.717) is 0 Å². The van der Waals surface area contributed by atoms with E-state index in [1.165, 1.54) is 25.7 Å². The normalized spacial score (nSPS) is 12.0. The number of halogens is 1. The average Bonchev–Trinajstić information content (AvgIpc) is 2.24. The fourth-order valence-electron chi connectivity index (χ4n) is 2.05. The van der Waals surface area contributed by atoms with E-state index in [2.05, 4.69) is 20.8 Å². The number of hydrogen-bond donors (Lipinski definition) is 0. The first-order valence-corrected chi connectivity index (χ1v) is 14.0. The Bertz CT molecular complexity index is 128. The van der Waals surface area contributed by atoms with Crippen LogP contribution in [0.4, 0.5) is 2.87 Å². The van der Waals surface area contributed by atoms with Crippen LogP contribution in [0, 0.1) is 0 Å². The molecule has 0 heterocycles. The van der Waals surface area contributed by atoms with Crippen LogP contribution in [-0.2, 0) is 0 Å². The molecule has 0 atom stereocenters. The Morgan fingerprint density at radius 1 is 0.667 bits per heavy atom. The van der Waals surface area contributed by atoms with Crippen molar-refractivity contribution in [2.75, 3.05) is 0 Å². The van der Waals surface area contributed by atoms with Gasteiger partial charge in [0, 0.05) is 0 Å². The molecule has 0 aromatic carbocycles. The Labute approximate surface area is 101 Å². The summed E-state index contributed by atoms with van der Waals surface area (Å²) in [7, 11) is 0. The molecule has 0 amide bonds. The third kappa shape index (κ3) is 8.53. The first-order chi connectivity index (χ1) is 7.18. The van der Waals surface area contributed by atoms with Crippen LogP contribution in [0.2, 0.25) is 13.3 Å². The molecule has 0 aliphatic carbocycles. The standard InChI is InChI=1S/C5H11.2C4H9.FH.Sn/c1-3-5-4-2;2*1-3-4-2;;/h1,3-5H2,2H3;2*1,3-4H2,2H3;1H;/q;;;;+1/p-1. The molecular formula is C13H29FSn. The molecule has 92 valence electrons. The molecule has 0 aliphatic heterocycles. The van der Waals surface area contributed by atoms with E-state index >= 15 is 0 Å². The molecule has 0 unspecified atom stereocenters. The van der Waals surface area contributed by atoms with E-state index in [-0.39, 0.29) is 0 Å². The molecule has 0 aromatic rings. The van der Waals surface area contributed by atoms with E-state index in [1.54, 1.807) is 0 Å². The van der Waals surface area contributed by atoms with Gasteiger partial charge in [0.05, 0.1) is 0 Å². The molecule has 0 bridgehead atoms. The topological polar surface area (TPSA) is 0 Å². The van der Waals surface area contributed by atoms with E-state index in [0.717, 1.165) is 32.6 Å². The molecule has 15 heavy (non-hydrogen) atoms. The van der Waals surface area contributed by atoms with Crippen LogP contribution < -0.4 is 0 Å². The van der Waals surface area contributed by atoms with Gasteiger partial charge in [-0.1, -0.05) is 0 Å². The van der Waals surface area contributed by atoms with Crippen molar-refractivity contribution in [3.8, 4) is 0 Å². The summed E-state index contributed by atoms with van der Waals surface area (Å²) < 4.78 is 17.7. The van der Waals surface area contributed by atoms with Crippen molar-refractivity contribution in [2.24, 2.45) is 0 Å². The molecule has 0 aromatic heterocycles. The fraction of sp³-hybridized carbons (Fsp3) is 1.00. The van der Waals surface area contributed by atoms with Crippen molar-refractivity contribution >= 4 is 18.9 Å². The number of unbranched alkanes of at least 4 members (excludes halogenated alkanes) is 4. The third-order valence-corrected chi connectivity index (χ3v) is 13.9. The van der Waals surface area contributed by atoms with Crippen LogP contribution in [0.25, 0.3) is 0 Å². The van der Waals surface area contributed by atoms with Gasteiger partial charge in [0.1, 0.15) is 0 Å². The van der Waals surface area contributed by atoms with Gasteiger partial charge >= 0.3 is 101 Å². The van der Waals surface area contributed by atoms with E-state index in [4.69, 9.17) is 0 Å². The molecule has 0 rings (SSSR count). The molecular weight excluding hydrogens is 294 g/mol. The van der Waals surface area contributed by atoms with Gasteiger partial charge < -0.3 is 0 Å². The first-order valence-electron chi connectivity index (χ1n) is 6.87. The maximum absolute atomic E-state index is 14.7.